The Morgan fingerprint density at radius 1 is 0.426 bits per heavy atom. The van der Waals surface area contributed by atoms with Crippen molar-refractivity contribution < 1.29 is 90.6 Å². The maximum Gasteiger partial charge on any atom is 4.00 e. The Kier molecular flexibility index (Phi) is 56.3. The number of unbranched alkanes of at least 4 members (excludes halogenated alkanes) is 20. The molecule has 2 unspecified atom stereocenters. The van der Waals surface area contributed by atoms with Gasteiger partial charge in [0.15, 0.2) is 12.2 Å². The van der Waals surface area contributed by atoms with Gasteiger partial charge in [0.05, 0.1) is 37.1 Å². The number of carboxylic acids is 6. The smallest absolute Gasteiger partial charge is 0.548 e. The van der Waals surface area contributed by atoms with Crippen LogP contribution in [0.15, 0.2) is 25.3 Å². The average molecular weight is 905 g/mol. The van der Waals surface area contributed by atoms with E-state index in [4.69, 9.17) is 39.5 Å². The van der Waals surface area contributed by atoms with Gasteiger partial charge in [-0.05, 0) is 36.8 Å². The molecule has 0 heterocycles. The molecule has 2 atom stereocenters. The summed E-state index contributed by atoms with van der Waals surface area (Å²) >= 11 is 0. The SMILES string of the molecule is C=CC(=O)[O-].C=CC(=O)[O-].CC(C)CCCCCCCCCCCCCC(OCC(=O)[O-])C(=O)O.CC(C)CCCCCCCCCCCCCC(OCC(=O)[O-])C(=O)O.[Ti+4]. The van der Waals surface area contributed by atoms with Gasteiger partial charge in [-0.1, -0.05) is 195 Å². The van der Waals surface area contributed by atoms with Crippen LogP contribution >= 0.6 is 0 Å². The van der Waals surface area contributed by atoms with Crippen molar-refractivity contribution in [2.45, 2.75) is 207 Å². The van der Waals surface area contributed by atoms with Crippen LogP contribution in [-0.2, 0) is 60.0 Å². The Bertz CT molecular complexity index is 1010. The van der Waals surface area contributed by atoms with Crippen LogP contribution in [0.1, 0.15) is 195 Å². The summed E-state index contributed by atoms with van der Waals surface area (Å²) in [5.74, 6) is -5.78. The molecule has 0 aromatic rings. The van der Waals surface area contributed by atoms with Gasteiger partial charge in [-0.3, -0.25) is 0 Å². The second-order valence-electron chi connectivity index (χ2n) is 15.8. The average Bonchev–Trinajstić information content (AvgIpc) is 3.17. The third-order valence-electron chi connectivity index (χ3n) is 9.18. The Morgan fingerprint density at radius 3 is 0.754 bits per heavy atom. The van der Waals surface area contributed by atoms with Gasteiger partial charge in [-0.15, -0.1) is 0 Å². The van der Waals surface area contributed by atoms with Crippen molar-refractivity contribution in [2.24, 2.45) is 11.8 Å². The Labute approximate surface area is 382 Å². The van der Waals surface area contributed by atoms with E-state index >= 15 is 0 Å². The quantitative estimate of drug-likeness (QED) is 0.0428. The second kappa shape index (κ2) is 51.3. The minimum absolute atomic E-state index is 0. The van der Waals surface area contributed by atoms with Gasteiger partial charge in [0, 0.05) is 0 Å². The molecule has 0 aliphatic carbocycles. The summed E-state index contributed by atoms with van der Waals surface area (Å²) in [6, 6.07) is 0. The van der Waals surface area contributed by atoms with E-state index < -0.39 is 61.2 Å². The van der Waals surface area contributed by atoms with Crippen LogP contribution in [0.5, 0.6) is 0 Å². The number of hydrogen-bond acceptors (Lipinski definition) is 12. The zero-order chi connectivity index (χ0) is 46.4. The van der Waals surface area contributed by atoms with Crippen molar-refractivity contribution in [3.05, 3.63) is 25.3 Å². The van der Waals surface area contributed by atoms with Crippen LogP contribution in [0.2, 0.25) is 0 Å². The zero-order valence-electron chi connectivity index (χ0n) is 38.0. The second-order valence-corrected chi connectivity index (χ2v) is 15.8. The van der Waals surface area contributed by atoms with Crippen molar-refractivity contribution in [1.29, 1.82) is 0 Å². The summed E-state index contributed by atoms with van der Waals surface area (Å²) in [5, 5.41) is 56.8. The van der Waals surface area contributed by atoms with Crippen LogP contribution in [0.4, 0.5) is 0 Å². The molecule has 0 radical (unpaired) electrons. The molecule has 0 aromatic carbocycles. The first-order valence-corrected chi connectivity index (χ1v) is 22.2. The van der Waals surface area contributed by atoms with E-state index in [2.05, 4.69) is 40.9 Å². The van der Waals surface area contributed by atoms with Gasteiger partial charge in [-0.2, -0.15) is 0 Å². The standard InChI is InChI=1S/2C20H38O5.2C3H4O2.Ti/c2*1-17(2)14-12-10-8-6-4-3-5-7-9-11-13-15-18(20(23)24)25-16-19(21)22;2*1-2-3(4)5;/h2*17-18H,3-16H2,1-2H3,(H,21,22)(H,23,24);2*2H,1H2,(H,4,5);/q;;;;+4/p-4. The molecule has 0 fully saturated rings. The summed E-state index contributed by atoms with van der Waals surface area (Å²) in [6.45, 7) is 13.6. The molecule has 0 aromatic heterocycles. The molecular formula is C46H80O14Ti. The predicted molar refractivity (Wildman–Crippen MR) is 225 cm³/mol. The molecule has 0 aliphatic heterocycles. The molecule has 61 heavy (non-hydrogen) atoms. The monoisotopic (exact) mass is 905 g/mol. The fourth-order valence-corrected chi connectivity index (χ4v) is 5.84. The van der Waals surface area contributed by atoms with Gasteiger partial charge < -0.3 is 59.3 Å². The van der Waals surface area contributed by atoms with Crippen LogP contribution in [0.3, 0.4) is 0 Å². The molecule has 0 amide bonds. The van der Waals surface area contributed by atoms with Gasteiger partial charge >= 0.3 is 33.7 Å². The summed E-state index contributed by atoms with van der Waals surface area (Å²) in [6.07, 6.45) is 29.3. The molecule has 352 valence electrons. The van der Waals surface area contributed by atoms with Crippen LogP contribution in [0, 0.1) is 11.8 Å². The summed E-state index contributed by atoms with van der Waals surface area (Å²) in [7, 11) is 0. The van der Waals surface area contributed by atoms with Crippen molar-refractivity contribution in [3.63, 3.8) is 0 Å². The first-order chi connectivity index (χ1) is 28.4. The summed E-state index contributed by atoms with van der Waals surface area (Å²) in [5.41, 5.74) is 0. The molecule has 0 bridgehead atoms. The first-order valence-electron chi connectivity index (χ1n) is 22.2. The van der Waals surface area contributed by atoms with E-state index in [0.717, 1.165) is 62.5 Å². The first kappa shape index (κ1) is 67.0. The summed E-state index contributed by atoms with van der Waals surface area (Å²) in [4.78, 5) is 60.8. The Hall–Kier alpha value is -3.07. The zero-order valence-corrected chi connectivity index (χ0v) is 39.5. The van der Waals surface area contributed by atoms with Crippen molar-refractivity contribution in [2.75, 3.05) is 13.2 Å². The van der Waals surface area contributed by atoms with Crippen LogP contribution < -0.4 is 20.4 Å². The summed E-state index contributed by atoms with van der Waals surface area (Å²) < 4.78 is 9.63. The fraction of sp³-hybridized carbons (Fsp3) is 0.783. The molecule has 0 saturated carbocycles. The van der Waals surface area contributed by atoms with Crippen LogP contribution in [-0.4, -0.2) is 71.5 Å². The number of carboxylic acid groups (broad SMARTS) is 6. The minimum Gasteiger partial charge on any atom is -0.548 e. The topological polar surface area (TPSA) is 254 Å². The Morgan fingerprint density at radius 2 is 0.607 bits per heavy atom. The number of rotatable bonds is 38. The maximum atomic E-state index is 10.9. The number of carbonyl (C=O) groups is 6. The number of hydrogen-bond donors (Lipinski definition) is 2. The maximum absolute atomic E-state index is 10.9. The molecule has 0 rings (SSSR count). The van der Waals surface area contributed by atoms with Gasteiger partial charge in [0.2, 0.25) is 0 Å². The molecule has 2 N–H and O–H groups in total. The number of aliphatic carboxylic acids is 6. The minimum atomic E-state index is -1.38. The van der Waals surface area contributed by atoms with Gasteiger partial charge in [0.25, 0.3) is 0 Å². The van der Waals surface area contributed by atoms with Gasteiger partial charge in [0.1, 0.15) is 0 Å². The normalized spacial score (nSPS) is 11.2. The van der Waals surface area contributed by atoms with E-state index in [1.54, 1.807) is 0 Å². The van der Waals surface area contributed by atoms with E-state index in [-0.39, 0.29) is 21.7 Å². The molecule has 0 aliphatic rings. The van der Waals surface area contributed by atoms with Crippen molar-refractivity contribution in [1.82, 2.24) is 0 Å². The molecule has 0 spiro atoms. The van der Waals surface area contributed by atoms with Gasteiger partial charge in [-0.25, -0.2) is 9.59 Å². The molecule has 0 saturated heterocycles. The van der Waals surface area contributed by atoms with E-state index in [9.17, 15) is 29.4 Å². The third-order valence-corrected chi connectivity index (χ3v) is 9.18. The Balaban J connectivity index is -0.000000276. The van der Waals surface area contributed by atoms with E-state index in [1.807, 2.05) is 0 Å². The van der Waals surface area contributed by atoms with Crippen molar-refractivity contribution >= 4 is 35.8 Å². The van der Waals surface area contributed by atoms with E-state index in [0.29, 0.717) is 12.8 Å². The molecule has 14 nitrogen and oxygen atoms in total. The third kappa shape index (κ3) is 66.2. The number of ether oxygens (including phenoxy) is 2. The van der Waals surface area contributed by atoms with Crippen molar-refractivity contribution in [3.8, 4) is 0 Å². The number of carbonyl (C=O) groups excluding carboxylic acids is 4. The largest absolute Gasteiger partial charge is 4.00 e. The van der Waals surface area contributed by atoms with E-state index in [1.165, 1.54) is 116 Å². The van der Waals surface area contributed by atoms with Crippen LogP contribution in [0.25, 0.3) is 0 Å². The molecular weight excluding hydrogens is 824 g/mol. The predicted octanol–water partition coefficient (Wildman–Crippen LogP) is 5.71. The molecule has 15 heteroatoms. The fourth-order valence-electron chi connectivity index (χ4n) is 5.84.